The van der Waals surface area contributed by atoms with E-state index in [4.69, 9.17) is 5.84 Å². The van der Waals surface area contributed by atoms with Crippen LogP contribution in [0.15, 0.2) is 0 Å². The molecule has 0 bridgehead atoms. The predicted octanol–water partition coefficient (Wildman–Crippen LogP) is -0.609. The van der Waals surface area contributed by atoms with Gasteiger partial charge in [0.2, 0.25) is 5.91 Å². The van der Waals surface area contributed by atoms with Crippen molar-refractivity contribution in [2.24, 2.45) is 11.3 Å². The Labute approximate surface area is 115 Å². The van der Waals surface area contributed by atoms with Crippen molar-refractivity contribution in [3.8, 4) is 0 Å². The van der Waals surface area contributed by atoms with Crippen molar-refractivity contribution >= 4 is 5.91 Å². The molecular weight excluding hydrogens is 244 g/mol. The zero-order chi connectivity index (χ0) is 14.7. The molecule has 1 rings (SSSR count). The van der Waals surface area contributed by atoms with Crippen LogP contribution in [0.2, 0.25) is 0 Å². The van der Waals surface area contributed by atoms with Crippen LogP contribution >= 0.6 is 0 Å². The Balaban J connectivity index is 2.40. The number of hydrogen-bond donors (Lipinski definition) is 3. The highest BCUT2D eigenvalue weighted by atomic mass is 16.3. The summed E-state index contributed by atoms with van der Waals surface area (Å²) in [6, 6.07) is 0. The highest BCUT2D eigenvalue weighted by molar-refractivity contribution is 5.81. The van der Waals surface area contributed by atoms with E-state index in [0.29, 0.717) is 13.1 Å². The average Bonchev–Trinajstić information content (AvgIpc) is 2.28. The van der Waals surface area contributed by atoms with Crippen LogP contribution in [-0.2, 0) is 4.79 Å². The minimum atomic E-state index is -0.652. The van der Waals surface area contributed by atoms with Gasteiger partial charge in [-0.1, -0.05) is 0 Å². The average molecular weight is 272 g/mol. The first-order valence-electron chi connectivity index (χ1n) is 6.82. The van der Waals surface area contributed by atoms with Gasteiger partial charge in [-0.15, -0.1) is 0 Å². The highest BCUT2D eigenvalue weighted by Crippen LogP contribution is 2.18. The van der Waals surface area contributed by atoms with Crippen LogP contribution in [0.1, 0.15) is 27.7 Å². The van der Waals surface area contributed by atoms with Crippen molar-refractivity contribution in [2.75, 3.05) is 39.3 Å². The molecule has 0 radical (unpaired) electrons. The monoisotopic (exact) mass is 272 g/mol. The summed E-state index contributed by atoms with van der Waals surface area (Å²) in [5.41, 5.74) is 1.09. The van der Waals surface area contributed by atoms with Crippen LogP contribution in [0.5, 0.6) is 0 Å². The lowest BCUT2D eigenvalue weighted by atomic mass is 9.91. The molecule has 0 spiro atoms. The maximum Gasteiger partial charge on any atom is 0.240 e. The Bertz CT molecular complexity index is 304. The molecule has 1 amide bonds. The third-order valence-corrected chi connectivity index (χ3v) is 3.44. The summed E-state index contributed by atoms with van der Waals surface area (Å²) in [6.07, 6.45) is 0. The van der Waals surface area contributed by atoms with Gasteiger partial charge in [-0.2, -0.15) is 0 Å². The molecule has 0 aromatic rings. The van der Waals surface area contributed by atoms with Crippen molar-refractivity contribution in [3.05, 3.63) is 0 Å². The molecule has 4 N–H and O–H groups in total. The van der Waals surface area contributed by atoms with Gasteiger partial charge in [0.05, 0.1) is 11.0 Å². The standard InChI is InChI=1S/C13H28N4O2/c1-12(2,11(18)15-14)9-16-5-7-17(8-6-16)10-13(3,4)19/h19H,5-10,14H2,1-4H3,(H,15,18). The molecule has 0 atom stereocenters. The van der Waals surface area contributed by atoms with Crippen molar-refractivity contribution < 1.29 is 9.90 Å². The zero-order valence-electron chi connectivity index (χ0n) is 12.6. The van der Waals surface area contributed by atoms with Gasteiger partial charge in [0.1, 0.15) is 0 Å². The van der Waals surface area contributed by atoms with Crippen molar-refractivity contribution in [2.45, 2.75) is 33.3 Å². The molecule has 1 aliphatic heterocycles. The number of amides is 1. The number of nitrogens with two attached hydrogens (primary N) is 1. The largest absolute Gasteiger partial charge is 0.389 e. The van der Waals surface area contributed by atoms with Crippen LogP contribution in [0, 0.1) is 5.41 Å². The number of carbonyl (C=O) groups is 1. The Morgan fingerprint density at radius 1 is 1.11 bits per heavy atom. The molecule has 6 heteroatoms. The summed E-state index contributed by atoms with van der Waals surface area (Å²) in [6.45, 7) is 12.5. The summed E-state index contributed by atoms with van der Waals surface area (Å²) in [5.74, 6) is 5.07. The molecule has 1 saturated heterocycles. The van der Waals surface area contributed by atoms with Gasteiger partial charge < -0.3 is 5.11 Å². The molecule has 0 saturated carbocycles. The molecule has 0 aromatic carbocycles. The van der Waals surface area contributed by atoms with Crippen molar-refractivity contribution in [1.29, 1.82) is 0 Å². The Morgan fingerprint density at radius 2 is 1.53 bits per heavy atom. The number of hydrazine groups is 1. The first-order valence-corrected chi connectivity index (χ1v) is 6.82. The Morgan fingerprint density at radius 3 is 1.89 bits per heavy atom. The summed E-state index contributed by atoms with van der Waals surface area (Å²) in [7, 11) is 0. The second-order valence-electron chi connectivity index (χ2n) is 6.72. The number of hydrogen-bond acceptors (Lipinski definition) is 5. The number of β-amino-alcohol motifs (C(OH)–C–C–N with tert-alkyl or cyclic N) is 1. The van der Waals surface area contributed by atoms with Gasteiger partial charge in [0, 0.05) is 39.3 Å². The lowest BCUT2D eigenvalue weighted by Gasteiger charge is -2.39. The molecule has 1 fully saturated rings. The fourth-order valence-electron chi connectivity index (χ4n) is 2.48. The zero-order valence-corrected chi connectivity index (χ0v) is 12.6. The van der Waals surface area contributed by atoms with E-state index >= 15 is 0 Å². The third-order valence-electron chi connectivity index (χ3n) is 3.44. The van der Waals surface area contributed by atoms with Crippen molar-refractivity contribution in [3.63, 3.8) is 0 Å². The predicted molar refractivity (Wildman–Crippen MR) is 75.3 cm³/mol. The number of rotatable bonds is 5. The van der Waals surface area contributed by atoms with Crippen LogP contribution in [0.3, 0.4) is 0 Å². The van der Waals surface area contributed by atoms with Crippen LogP contribution in [0.25, 0.3) is 0 Å². The quantitative estimate of drug-likeness (QED) is 0.353. The maximum atomic E-state index is 11.7. The molecular formula is C13H28N4O2. The van der Waals surface area contributed by atoms with Gasteiger partial charge in [0.25, 0.3) is 0 Å². The van der Waals surface area contributed by atoms with Crippen LogP contribution < -0.4 is 11.3 Å². The first kappa shape index (κ1) is 16.4. The molecule has 0 unspecified atom stereocenters. The summed E-state index contributed by atoms with van der Waals surface area (Å²) in [5, 5.41) is 9.80. The smallest absolute Gasteiger partial charge is 0.240 e. The lowest BCUT2D eigenvalue weighted by Crippen LogP contribution is -2.54. The van der Waals surface area contributed by atoms with Gasteiger partial charge in [-0.3, -0.25) is 20.0 Å². The fourth-order valence-corrected chi connectivity index (χ4v) is 2.48. The molecule has 0 aromatic heterocycles. The van der Waals surface area contributed by atoms with Gasteiger partial charge >= 0.3 is 0 Å². The van der Waals surface area contributed by atoms with E-state index in [1.165, 1.54) is 0 Å². The lowest BCUT2D eigenvalue weighted by molar-refractivity contribution is -0.130. The summed E-state index contributed by atoms with van der Waals surface area (Å²) in [4.78, 5) is 16.2. The van der Waals surface area contributed by atoms with E-state index < -0.39 is 11.0 Å². The number of piperazine rings is 1. The minimum absolute atomic E-state index is 0.133. The first-order chi connectivity index (χ1) is 8.64. The van der Waals surface area contributed by atoms with Gasteiger partial charge in [-0.25, -0.2) is 5.84 Å². The molecule has 1 aliphatic rings. The molecule has 112 valence electrons. The SMILES string of the molecule is CC(C)(O)CN1CCN(CC(C)(C)C(=O)NN)CC1. The number of nitrogens with zero attached hydrogens (tertiary/aromatic N) is 2. The third kappa shape index (κ3) is 5.44. The molecule has 1 heterocycles. The second kappa shape index (κ2) is 6.17. The van der Waals surface area contributed by atoms with Gasteiger partial charge in [-0.05, 0) is 27.7 Å². The van der Waals surface area contributed by atoms with Crippen LogP contribution in [0.4, 0.5) is 0 Å². The fraction of sp³-hybridized carbons (Fsp3) is 0.923. The molecule has 0 aliphatic carbocycles. The maximum absolute atomic E-state index is 11.7. The minimum Gasteiger partial charge on any atom is -0.389 e. The van der Waals surface area contributed by atoms with E-state index in [-0.39, 0.29) is 5.91 Å². The summed E-state index contributed by atoms with van der Waals surface area (Å²) >= 11 is 0. The normalized spacial score (nSPS) is 19.5. The number of carbonyl (C=O) groups excluding carboxylic acids is 1. The second-order valence-corrected chi connectivity index (χ2v) is 6.72. The van der Waals surface area contributed by atoms with Crippen molar-refractivity contribution in [1.82, 2.24) is 15.2 Å². The van der Waals surface area contributed by atoms with Crippen LogP contribution in [-0.4, -0.2) is 65.7 Å². The Hall–Kier alpha value is -0.690. The number of aliphatic hydroxyl groups is 1. The molecule has 6 nitrogen and oxygen atoms in total. The van der Waals surface area contributed by atoms with E-state index in [9.17, 15) is 9.90 Å². The van der Waals surface area contributed by atoms with E-state index in [2.05, 4.69) is 15.2 Å². The van der Waals surface area contributed by atoms with E-state index in [1.54, 1.807) is 0 Å². The van der Waals surface area contributed by atoms with E-state index in [1.807, 2.05) is 27.7 Å². The topological polar surface area (TPSA) is 81.8 Å². The number of nitrogens with one attached hydrogen (secondary N) is 1. The Kier molecular flexibility index (Phi) is 5.32. The summed E-state index contributed by atoms with van der Waals surface area (Å²) < 4.78 is 0. The van der Waals surface area contributed by atoms with Gasteiger partial charge in [0.15, 0.2) is 0 Å². The molecule has 19 heavy (non-hydrogen) atoms. The highest BCUT2D eigenvalue weighted by Gasteiger charge is 2.31. The van der Waals surface area contributed by atoms with E-state index in [0.717, 1.165) is 26.2 Å².